The highest BCUT2D eigenvalue weighted by molar-refractivity contribution is 7.10. The average Bonchev–Trinajstić information content (AvgIpc) is 3.14. The van der Waals surface area contributed by atoms with Crippen LogP contribution in [0.15, 0.2) is 40.7 Å². The van der Waals surface area contributed by atoms with Gasteiger partial charge in [0.05, 0.1) is 14.2 Å². The summed E-state index contributed by atoms with van der Waals surface area (Å²) in [5.41, 5.74) is 0.915. The van der Waals surface area contributed by atoms with Gasteiger partial charge in [0.1, 0.15) is 0 Å². The van der Waals surface area contributed by atoms with E-state index in [2.05, 4.69) is 47.0 Å². The second-order valence-electron chi connectivity index (χ2n) is 5.98. The first-order valence-corrected chi connectivity index (χ1v) is 8.62. The zero-order chi connectivity index (χ0) is 17.6. The van der Waals surface area contributed by atoms with Crippen molar-refractivity contribution in [2.45, 2.75) is 19.3 Å². The number of hydrogen-bond donors (Lipinski definition) is 2. The average molecular weight is 347 g/mol. The van der Waals surface area contributed by atoms with Gasteiger partial charge in [0.15, 0.2) is 17.5 Å². The van der Waals surface area contributed by atoms with Crippen LogP contribution in [0.3, 0.4) is 0 Å². The molecular formula is C18H25N3O2S. The van der Waals surface area contributed by atoms with E-state index >= 15 is 0 Å². The summed E-state index contributed by atoms with van der Waals surface area (Å²) < 4.78 is 10.6. The lowest BCUT2D eigenvalue weighted by Gasteiger charge is -2.25. The van der Waals surface area contributed by atoms with Crippen molar-refractivity contribution in [1.29, 1.82) is 0 Å². The second kappa shape index (κ2) is 8.06. The van der Waals surface area contributed by atoms with E-state index in [4.69, 9.17) is 9.47 Å². The Morgan fingerprint density at radius 1 is 1.17 bits per heavy atom. The van der Waals surface area contributed by atoms with Crippen molar-refractivity contribution < 1.29 is 9.47 Å². The molecule has 1 heterocycles. The third-order valence-electron chi connectivity index (χ3n) is 3.76. The topological polar surface area (TPSA) is 54.9 Å². The number of rotatable bonds is 6. The molecule has 0 fully saturated rings. The van der Waals surface area contributed by atoms with E-state index in [9.17, 15) is 0 Å². The molecule has 1 aromatic heterocycles. The molecule has 0 aliphatic carbocycles. The highest BCUT2D eigenvalue weighted by atomic mass is 32.1. The fourth-order valence-corrected chi connectivity index (χ4v) is 3.14. The van der Waals surface area contributed by atoms with E-state index in [1.165, 1.54) is 4.88 Å². The van der Waals surface area contributed by atoms with Crippen LogP contribution in [-0.4, -0.2) is 33.8 Å². The number of methoxy groups -OCH3 is 2. The Hall–Kier alpha value is -2.21. The summed E-state index contributed by atoms with van der Waals surface area (Å²) in [6, 6.07) is 9.92. The standard InChI is InChI=1S/C18H25N3O2S/c1-18(2,16-7-6-10-24-16)12-20-17(19-3)21-13-8-9-14(22-4)15(11-13)23-5/h6-11H,12H2,1-5H3,(H2,19,20,21). The molecule has 6 heteroatoms. The van der Waals surface area contributed by atoms with Crippen molar-refractivity contribution in [3.05, 3.63) is 40.6 Å². The highest BCUT2D eigenvalue weighted by Gasteiger charge is 2.22. The van der Waals surface area contributed by atoms with Crippen LogP contribution in [0, 0.1) is 0 Å². The Morgan fingerprint density at radius 2 is 1.92 bits per heavy atom. The molecule has 0 saturated carbocycles. The zero-order valence-electron chi connectivity index (χ0n) is 14.8. The maximum absolute atomic E-state index is 5.33. The zero-order valence-corrected chi connectivity index (χ0v) is 15.7. The molecule has 2 aromatic rings. The quantitative estimate of drug-likeness (QED) is 0.617. The van der Waals surface area contributed by atoms with Crippen molar-refractivity contribution in [1.82, 2.24) is 5.32 Å². The molecule has 0 amide bonds. The third kappa shape index (κ3) is 4.41. The summed E-state index contributed by atoms with van der Waals surface area (Å²) in [7, 11) is 5.00. The number of thiophene rings is 1. The number of ether oxygens (including phenoxy) is 2. The van der Waals surface area contributed by atoms with E-state index in [0.717, 1.165) is 12.2 Å². The molecule has 2 rings (SSSR count). The second-order valence-corrected chi connectivity index (χ2v) is 6.93. The summed E-state index contributed by atoms with van der Waals surface area (Å²) >= 11 is 1.77. The number of anilines is 1. The normalized spacial score (nSPS) is 12.0. The van der Waals surface area contributed by atoms with E-state index < -0.39 is 0 Å². The highest BCUT2D eigenvalue weighted by Crippen LogP contribution is 2.30. The molecule has 0 spiro atoms. The van der Waals surface area contributed by atoms with Gasteiger partial charge in [0.2, 0.25) is 0 Å². The molecular weight excluding hydrogens is 322 g/mol. The summed E-state index contributed by atoms with van der Waals surface area (Å²) in [6.45, 7) is 5.21. The lowest BCUT2D eigenvalue weighted by molar-refractivity contribution is 0.355. The van der Waals surface area contributed by atoms with Crippen LogP contribution in [0.25, 0.3) is 0 Å². The molecule has 24 heavy (non-hydrogen) atoms. The first-order chi connectivity index (χ1) is 11.5. The minimum absolute atomic E-state index is 0.0311. The molecule has 0 atom stereocenters. The van der Waals surface area contributed by atoms with Crippen LogP contribution in [-0.2, 0) is 5.41 Å². The summed E-state index contributed by atoms with van der Waals surface area (Å²) in [5.74, 6) is 2.09. The van der Waals surface area contributed by atoms with Crippen LogP contribution in [0.4, 0.5) is 5.69 Å². The van der Waals surface area contributed by atoms with Gasteiger partial charge in [-0.25, -0.2) is 0 Å². The van der Waals surface area contributed by atoms with E-state index in [1.54, 1.807) is 32.6 Å². The van der Waals surface area contributed by atoms with Crippen molar-refractivity contribution in [3.8, 4) is 11.5 Å². The molecule has 0 radical (unpaired) electrons. The molecule has 0 aliphatic heterocycles. The Bertz CT molecular complexity index is 682. The van der Waals surface area contributed by atoms with Gasteiger partial charge in [-0.15, -0.1) is 11.3 Å². The molecule has 5 nitrogen and oxygen atoms in total. The predicted octanol–water partition coefficient (Wildman–Crippen LogP) is 3.73. The minimum atomic E-state index is 0.0311. The van der Waals surface area contributed by atoms with Crippen molar-refractivity contribution in [2.75, 3.05) is 33.1 Å². The number of benzene rings is 1. The lowest BCUT2D eigenvalue weighted by atomic mass is 9.91. The maximum atomic E-state index is 5.33. The number of nitrogens with one attached hydrogen (secondary N) is 2. The van der Waals surface area contributed by atoms with E-state index in [0.29, 0.717) is 17.5 Å². The monoisotopic (exact) mass is 347 g/mol. The molecule has 0 bridgehead atoms. The molecule has 2 N–H and O–H groups in total. The largest absolute Gasteiger partial charge is 0.493 e. The summed E-state index contributed by atoms with van der Waals surface area (Å²) in [6.07, 6.45) is 0. The van der Waals surface area contributed by atoms with Gasteiger partial charge in [0, 0.05) is 35.6 Å². The van der Waals surface area contributed by atoms with Crippen LogP contribution >= 0.6 is 11.3 Å². The number of nitrogens with zero attached hydrogens (tertiary/aromatic N) is 1. The predicted molar refractivity (Wildman–Crippen MR) is 102 cm³/mol. The lowest BCUT2D eigenvalue weighted by Crippen LogP contribution is -2.39. The van der Waals surface area contributed by atoms with E-state index in [1.807, 2.05) is 18.2 Å². The fourth-order valence-electron chi connectivity index (χ4n) is 2.29. The van der Waals surface area contributed by atoms with Crippen molar-refractivity contribution in [2.24, 2.45) is 4.99 Å². The number of guanidine groups is 1. The number of aliphatic imine (C=N–C) groups is 1. The van der Waals surface area contributed by atoms with Gasteiger partial charge >= 0.3 is 0 Å². The first kappa shape index (κ1) is 18.1. The van der Waals surface area contributed by atoms with Gasteiger partial charge in [0.25, 0.3) is 0 Å². The van der Waals surface area contributed by atoms with Gasteiger partial charge in [-0.2, -0.15) is 0 Å². The Balaban J connectivity index is 2.03. The molecule has 130 valence electrons. The summed E-state index contributed by atoms with van der Waals surface area (Å²) in [5, 5.41) is 8.77. The maximum Gasteiger partial charge on any atom is 0.195 e. The van der Waals surface area contributed by atoms with Crippen LogP contribution in [0.5, 0.6) is 11.5 Å². The fraction of sp³-hybridized carbons (Fsp3) is 0.389. The van der Waals surface area contributed by atoms with Gasteiger partial charge in [-0.3, -0.25) is 4.99 Å². The van der Waals surface area contributed by atoms with E-state index in [-0.39, 0.29) is 5.41 Å². The van der Waals surface area contributed by atoms with Crippen LogP contribution in [0.1, 0.15) is 18.7 Å². The Kier molecular flexibility index (Phi) is 6.09. The van der Waals surface area contributed by atoms with Crippen LogP contribution < -0.4 is 20.1 Å². The first-order valence-electron chi connectivity index (χ1n) is 7.74. The molecule has 1 aromatic carbocycles. The van der Waals surface area contributed by atoms with Crippen molar-refractivity contribution in [3.63, 3.8) is 0 Å². The van der Waals surface area contributed by atoms with Gasteiger partial charge in [-0.1, -0.05) is 19.9 Å². The van der Waals surface area contributed by atoms with Crippen LogP contribution in [0.2, 0.25) is 0 Å². The molecule has 0 unspecified atom stereocenters. The van der Waals surface area contributed by atoms with Gasteiger partial charge in [-0.05, 0) is 23.6 Å². The SMILES string of the molecule is CN=C(NCC(C)(C)c1cccs1)Nc1ccc(OC)c(OC)c1. The summed E-state index contributed by atoms with van der Waals surface area (Å²) in [4.78, 5) is 5.64. The van der Waals surface area contributed by atoms with Crippen molar-refractivity contribution >= 4 is 23.0 Å². The smallest absolute Gasteiger partial charge is 0.195 e. The third-order valence-corrected chi connectivity index (χ3v) is 4.99. The molecule has 0 aliphatic rings. The Morgan fingerprint density at radius 3 is 2.50 bits per heavy atom. The van der Waals surface area contributed by atoms with Gasteiger partial charge < -0.3 is 20.1 Å². The number of hydrogen-bond acceptors (Lipinski definition) is 4. The minimum Gasteiger partial charge on any atom is -0.493 e. The molecule has 0 saturated heterocycles. The Labute approximate surface area is 147 Å².